The van der Waals surface area contributed by atoms with Crippen molar-refractivity contribution in [2.24, 2.45) is 0 Å². The van der Waals surface area contributed by atoms with Crippen molar-refractivity contribution in [2.75, 3.05) is 49.5 Å². The lowest BCUT2D eigenvalue weighted by Crippen LogP contribution is -2.59. The molecule has 1 fully saturated rings. The molecule has 4 aliphatic heterocycles. The number of allylic oxidation sites excluding steroid dienone is 8. The van der Waals surface area contributed by atoms with E-state index in [1.807, 2.05) is 0 Å². The minimum Gasteiger partial charge on any atom is -0.497 e. The summed E-state index contributed by atoms with van der Waals surface area (Å²) in [7, 11) is 8.39. The number of methoxy groups -OCH3 is 1. The number of nitrogens with zero attached hydrogens (tertiary/aromatic N) is 4. The van der Waals surface area contributed by atoms with Crippen molar-refractivity contribution in [1.82, 2.24) is 0 Å². The first-order valence-corrected chi connectivity index (χ1v) is 21.7. The van der Waals surface area contributed by atoms with Gasteiger partial charge in [-0.3, -0.25) is 0 Å². The number of benzene rings is 4. The van der Waals surface area contributed by atoms with E-state index in [1.165, 1.54) is 62.0 Å². The fourth-order valence-corrected chi connectivity index (χ4v) is 11.1. The second-order valence-corrected chi connectivity index (χ2v) is 18.8. The van der Waals surface area contributed by atoms with Crippen LogP contribution in [0.15, 0.2) is 138 Å². The van der Waals surface area contributed by atoms with Crippen LogP contribution in [0.25, 0.3) is 6.08 Å². The van der Waals surface area contributed by atoms with Crippen LogP contribution in [0.5, 0.6) is 11.5 Å². The van der Waals surface area contributed by atoms with E-state index in [4.69, 9.17) is 9.47 Å². The first kappa shape index (κ1) is 39.7. The summed E-state index contributed by atoms with van der Waals surface area (Å²) >= 11 is 0. The molecule has 1 atom stereocenters. The molecule has 60 heavy (non-hydrogen) atoms. The zero-order valence-electron chi connectivity index (χ0n) is 37.5. The smallest absolute Gasteiger partial charge is 0.212 e. The zero-order chi connectivity index (χ0) is 42.4. The third kappa shape index (κ3) is 5.77. The fourth-order valence-electron chi connectivity index (χ4n) is 11.1. The molecule has 6 heteroatoms. The van der Waals surface area contributed by atoms with E-state index < -0.39 is 5.72 Å². The van der Waals surface area contributed by atoms with Gasteiger partial charge in [0.1, 0.15) is 18.5 Å². The van der Waals surface area contributed by atoms with Crippen molar-refractivity contribution in [3.63, 3.8) is 0 Å². The van der Waals surface area contributed by atoms with Crippen LogP contribution in [-0.4, -0.2) is 50.8 Å². The van der Waals surface area contributed by atoms with Gasteiger partial charge in [0, 0.05) is 88.8 Å². The van der Waals surface area contributed by atoms with E-state index >= 15 is 0 Å². The minimum atomic E-state index is -0.663. The maximum atomic E-state index is 7.21. The predicted octanol–water partition coefficient (Wildman–Crippen LogP) is 12.0. The summed E-state index contributed by atoms with van der Waals surface area (Å²) in [4.78, 5) is 7.15. The van der Waals surface area contributed by atoms with Crippen LogP contribution in [-0.2, 0) is 16.2 Å². The van der Waals surface area contributed by atoms with Crippen LogP contribution in [0.2, 0.25) is 0 Å². The summed E-state index contributed by atoms with van der Waals surface area (Å²) < 4.78 is 15.3. The Morgan fingerprint density at radius 1 is 0.700 bits per heavy atom. The van der Waals surface area contributed by atoms with Gasteiger partial charge in [0.2, 0.25) is 17.1 Å². The highest BCUT2D eigenvalue weighted by atomic mass is 16.5. The van der Waals surface area contributed by atoms with Gasteiger partial charge in [-0.1, -0.05) is 76.2 Å². The largest absolute Gasteiger partial charge is 0.497 e. The van der Waals surface area contributed by atoms with Crippen LogP contribution in [0.1, 0.15) is 90.0 Å². The van der Waals surface area contributed by atoms with Gasteiger partial charge in [-0.2, -0.15) is 4.58 Å². The topological polar surface area (TPSA) is 31.2 Å². The summed E-state index contributed by atoms with van der Waals surface area (Å²) in [6.07, 6.45) is 17.3. The quantitative estimate of drug-likeness (QED) is 0.188. The molecule has 0 saturated heterocycles. The molecule has 0 aromatic heterocycles. The third-order valence-corrected chi connectivity index (χ3v) is 14.5. The monoisotopic (exact) mass is 797 g/mol. The van der Waals surface area contributed by atoms with Gasteiger partial charge in [-0.05, 0) is 117 Å². The molecule has 1 unspecified atom stereocenters. The molecular weight excluding hydrogens is 737 g/mol. The molecule has 5 aliphatic rings. The number of rotatable bonds is 5. The van der Waals surface area contributed by atoms with Crippen molar-refractivity contribution < 1.29 is 14.0 Å². The SMILES string of the molecule is CCN1c2ccc(OC)cc2C(C)(C)C12C=Cc1cc([N+](C)=C3C(=CC=C4N(C)c5ccccc5C4(C)C)CCCC3=CC=C3N(C)c4ccccc4C3(C)C)ccc1O2. The summed E-state index contributed by atoms with van der Waals surface area (Å²) in [5, 5.41) is 0. The molecule has 1 aliphatic carbocycles. The molecular formula is C54H61N4O2+. The van der Waals surface area contributed by atoms with Gasteiger partial charge in [-0.25, -0.2) is 0 Å². The van der Waals surface area contributed by atoms with Crippen LogP contribution in [0, 0.1) is 0 Å². The van der Waals surface area contributed by atoms with Crippen molar-refractivity contribution >= 4 is 34.5 Å². The second kappa shape index (κ2) is 14.2. The van der Waals surface area contributed by atoms with E-state index in [2.05, 4.69) is 210 Å². The number of hydrogen-bond acceptors (Lipinski definition) is 5. The van der Waals surface area contributed by atoms with Gasteiger partial charge >= 0.3 is 0 Å². The molecule has 4 aromatic carbocycles. The molecule has 4 aromatic rings. The van der Waals surface area contributed by atoms with Crippen molar-refractivity contribution in [3.05, 3.63) is 160 Å². The maximum absolute atomic E-state index is 7.21. The molecule has 0 amide bonds. The Morgan fingerprint density at radius 2 is 1.28 bits per heavy atom. The average molecular weight is 798 g/mol. The van der Waals surface area contributed by atoms with E-state index in [0.29, 0.717) is 0 Å². The van der Waals surface area contributed by atoms with Crippen LogP contribution < -0.4 is 24.2 Å². The number of ether oxygens (including phenoxy) is 2. The van der Waals surface area contributed by atoms with Crippen molar-refractivity contribution in [3.8, 4) is 11.5 Å². The van der Waals surface area contributed by atoms with Crippen molar-refractivity contribution in [2.45, 2.75) is 89.7 Å². The molecule has 1 spiro atoms. The number of hydrogen-bond donors (Lipinski definition) is 0. The Hall–Kier alpha value is -5.75. The average Bonchev–Trinajstić information content (AvgIpc) is 3.66. The van der Waals surface area contributed by atoms with E-state index in [-0.39, 0.29) is 16.2 Å². The summed E-state index contributed by atoms with van der Waals surface area (Å²) in [5.74, 6) is 1.76. The third-order valence-electron chi connectivity index (χ3n) is 14.5. The lowest BCUT2D eigenvalue weighted by Gasteiger charge is -2.46. The molecule has 0 N–H and O–H groups in total. The molecule has 1 saturated carbocycles. The molecule has 6 nitrogen and oxygen atoms in total. The number of anilines is 3. The first-order chi connectivity index (χ1) is 28.7. The standard InChI is InChI=1S/C54H61N4O2/c1-12-58-46-28-27-40(59-11)35-43(46)53(6,7)54(58)33-32-38-34-39(26-29-47(38)60-54)55(8)50-36(24-30-48-51(2,3)41-20-13-15-22-44(41)56(48)9)18-17-19-37(50)25-31-49-52(4,5)42-21-14-16-23-45(42)57(49)10/h13-16,20-35H,12,17-19H2,1-11H3/q+1. The highest BCUT2D eigenvalue weighted by Gasteiger charge is 2.58. The maximum Gasteiger partial charge on any atom is 0.212 e. The van der Waals surface area contributed by atoms with Gasteiger partial charge in [-0.15, -0.1) is 0 Å². The molecule has 0 bridgehead atoms. The van der Waals surface area contributed by atoms with E-state index in [0.717, 1.165) is 48.6 Å². The minimum absolute atomic E-state index is 0.100. The van der Waals surface area contributed by atoms with Gasteiger partial charge in [0.15, 0.2) is 0 Å². The van der Waals surface area contributed by atoms with Gasteiger partial charge < -0.3 is 24.2 Å². The highest BCUT2D eigenvalue weighted by molar-refractivity contribution is 6.10. The summed E-state index contributed by atoms with van der Waals surface area (Å²) in [6.45, 7) is 17.0. The Morgan fingerprint density at radius 3 is 1.83 bits per heavy atom. The molecule has 4 heterocycles. The Labute approximate surface area is 358 Å². The summed E-state index contributed by atoms with van der Waals surface area (Å²) in [6, 6.07) is 30.8. The van der Waals surface area contributed by atoms with E-state index in [9.17, 15) is 0 Å². The van der Waals surface area contributed by atoms with Crippen molar-refractivity contribution in [1.29, 1.82) is 0 Å². The molecule has 9 rings (SSSR count). The first-order valence-electron chi connectivity index (χ1n) is 21.7. The second-order valence-electron chi connectivity index (χ2n) is 18.8. The highest BCUT2D eigenvalue weighted by Crippen LogP contribution is 2.56. The Balaban J connectivity index is 1.14. The zero-order valence-corrected chi connectivity index (χ0v) is 37.5. The van der Waals surface area contributed by atoms with Crippen LogP contribution >= 0.6 is 0 Å². The lowest BCUT2D eigenvalue weighted by atomic mass is 9.76. The van der Waals surface area contributed by atoms with Crippen LogP contribution in [0.3, 0.4) is 0 Å². The summed E-state index contributed by atoms with van der Waals surface area (Å²) in [5.41, 5.74) is 15.4. The normalized spacial score (nSPS) is 24.3. The molecule has 308 valence electrons. The van der Waals surface area contributed by atoms with E-state index in [1.54, 1.807) is 7.11 Å². The number of fused-ring (bicyclic) bond motifs is 4. The molecule has 0 radical (unpaired) electrons. The number of para-hydroxylation sites is 2. The fraction of sp³-hybridized carbons (Fsp3) is 0.352. The lowest BCUT2D eigenvalue weighted by molar-refractivity contribution is -0.404. The number of likely N-dealkylation sites (N-methyl/N-ethyl adjacent to an activating group) is 3. The predicted molar refractivity (Wildman–Crippen MR) is 251 cm³/mol. The Kier molecular flexibility index (Phi) is 9.38. The Bertz CT molecular complexity index is 2520. The van der Waals surface area contributed by atoms with Gasteiger partial charge in [0.25, 0.3) is 0 Å². The van der Waals surface area contributed by atoms with Crippen LogP contribution in [0.4, 0.5) is 22.7 Å². The van der Waals surface area contributed by atoms with Gasteiger partial charge in [0.05, 0.1) is 12.5 Å².